The molecule has 0 saturated heterocycles. The van der Waals surface area contributed by atoms with Crippen LogP contribution < -0.4 is 5.32 Å². The number of aryl methyl sites for hydroxylation is 1. The molecule has 1 aliphatic rings. The Balaban J connectivity index is 1.85. The molecular weight excluding hydrogens is 230 g/mol. The Morgan fingerprint density at radius 1 is 1.65 bits per heavy atom. The minimum Gasteiger partial charge on any atom is -0.308 e. The fourth-order valence-electron chi connectivity index (χ4n) is 1.90. The largest absolute Gasteiger partial charge is 0.308 e. The van der Waals surface area contributed by atoms with Crippen LogP contribution in [0.2, 0.25) is 0 Å². The third-order valence-corrected chi connectivity index (χ3v) is 4.81. The minimum absolute atomic E-state index is 0.272. The average Bonchev–Trinajstić information content (AvgIpc) is 2.93. The van der Waals surface area contributed by atoms with E-state index in [2.05, 4.69) is 30.2 Å². The zero-order valence-electron chi connectivity index (χ0n) is 10.5. The molecule has 1 aliphatic carbocycles. The first kappa shape index (κ1) is 12.5. The van der Waals surface area contributed by atoms with E-state index in [1.165, 1.54) is 17.7 Å². The van der Waals surface area contributed by atoms with Crippen molar-refractivity contribution in [2.75, 3.05) is 6.54 Å². The molecule has 0 aliphatic heterocycles. The van der Waals surface area contributed by atoms with Gasteiger partial charge >= 0.3 is 0 Å². The summed E-state index contributed by atoms with van der Waals surface area (Å²) in [7, 11) is 0. The lowest BCUT2D eigenvalue weighted by molar-refractivity contribution is 0.432. The highest BCUT2D eigenvalue weighted by Crippen LogP contribution is 2.48. The fraction of sp³-hybridized carbons (Fsp3) is 0.692. The molecule has 4 heteroatoms. The summed E-state index contributed by atoms with van der Waals surface area (Å²) in [5.74, 6) is 0. The molecular formula is C13H19N3S. The van der Waals surface area contributed by atoms with Crippen molar-refractivity contribution in [2.45, 2.75) is 45.6 Å². The second kappa shape index (κ2) is 5.16. The van der Waals surface area contributed by atoms with Crippen LogP contribution in [-0.2, 0) is 6.42 Å². The molecule has 0 radical (unpaired) electrons. The quantitative estimate of drug-likeness (QED) is 0.843. The van der Waals surface area contributed by atoms with Crippen molar-refractivity contribution in [1.29, 1.82) is 5.26 Å². The van der Waals surface area contributed by atoms with Crippen molar-refractivity contribution in [3.63, 3.8) is 0 Å². The Hall–Kier alpha value is -0.920. The summed E-state index contributed by atoms with van der Waals surface area (Å²) >= 11 is 1.79. The van der Waals surface area contributed by atoms with Gasteiger partial charge in [0, 0.05) is 24.0 Å². The van der Waals surface area contributed by atoms with Gasteiger partial charge in [-0.25, -0.2) is 4.98 Å². The maximum atomic E-state index is 8.77. The third-order valence-electron chi connectivity index (χ3n) is 3.48. The van der Waals surface area contributed by atoms with Crippen LogP contribution >= 0.6 is 11.3 Å². The number of hydrogen-bond donors (Lipinski definition) is 1. The highest BCUT2D eigenvalue weighted by atomic mass is 32.1. The third kappa shape index (κ3) is 3.05. The highest BCUT2D eigenvalue weighted by Gasteiger charge is 2.42. The monoisotopic (exact) mass is 249 g/mol. The number of nitrogens with one attached hydrogen (secondary N) is 1. The zero-order valence-corrected chi connectivity index (χ0v) is 11.3. The first-order valence-corrected chi connectivity index (χ1v) is 7.06. The van der Waals surface area contributed by atoms with E-state index in [1.54, 1.807) is 11.3 Å². The summed E-state index contributed by atoms with van der Waals surface area (Å²) in [6, 6.07) is 2.60. The molecule has 92 valence electrons. The van der Waals surface area contributed by atoms with E-state index >= 15 is 0 Å². The smallest absolute Gasteiger partial charge is 0.109 e. The number of aromatic nitrogens is 1. The molecule has 0 aromatic carbocycles. The Morgan fingerprint density at radius 2 is 2.41 bits per heavy atom. The van der Waals surface area contributed by atoms with Crippen molar-refractivity contribution in [2.24, 2.45) is 5.41 Å². The van der Waals surface area contributed by atoms with Gasteiger partial charge in [0.15, 0.2) is 0 Å². The molecule has 1 saturated carbocycles. The maximum absolute atomic E-state index is 8.77. The molecule has 17 heavy (non-hydrogen) atoms. The van der Waals surface area contributed by atoms with E-state index < -0.39 is 0 Å². The molecule has 0 bridgehead atoms. The number of hydrogen-bond acceptors (Lipinski definition) is 4. The van der Waals surface area contributed by atoms with Gasteiger partial charge in [0.1, 0.15) is 5.01 Å². The van der Waals surface area contributed by atoms with Gasteiger partial charge in [0.05, 0.1) is 12.1 Å². The van der Waals surface area contributed by atoms with Crippen molar-refractivity contribution in [3.05, 3.63) is 16.1 Å². The maximum Gasteiger partial charge on any atom is 0.109 e. The predicted octanol–water partition coefficient (Wildman–Crippen LogP) is 3.05. The van der Waals surface area contributed by atoms with Gasteiger partial charge in [-0.3, -0.25) is 0 Å². The first-order valence-electron chi connectivity index (χ1n) is 6.24. The Morgan fingerprint density at radius 3 is 2.94 bits per heavy atom. The van der Waals surface area contributed by atoms with Crippen molar-refractivity contribution < 1.29 is 0 Å². The van der Waals surface area contributed by atoms with Gasteiger partial charge in [-0.1, -0.05) is 6.92 Å². The topological polar surface area (TPSA) is 48.7 Å². The zero-order chi connectivity index (χ0) is 12.3. The molecule has 3 nitrogen and oxygen atoms in total. The molecule has 1 N–H and O–H groups in total. The number of rotatable bonds is 6. The summed E-state index contributed by atoms with van der Waals surface area (Å²) < 4.78 is 0. The number of thiazole rings is 1. The van der Waals surface area contributed by atoms with E-state index in [0.717, 1.165) is 18.0 Å². The van der Waals surface area contributed by atoms with E-state index in [1.807, 2.05) is 6.20 Å². The second-order valence-corrected chi connectivity index (χ2v) is 6.10. The van der Waals surface area contributed by atoms with E-state index in [0.29, 0.717) is 12.5 Å². The fourth-order valence-corrected chi connectivity index (χ4v) is 2.79. The lowest BCUT2D eigenvalue weighted by Gasteiger charge is -2.16. The van der Waals surface area contributed by atoms with E-state index in [9.17, 15) is 0 Å². The Kier molecular flexibility index (Phi) is 3.80. The Labute approximate surface area is 107 Å². The van der Waals surface area contributed by atoms with Crippen LogP contribution in [0.1, 0.15) is 49.0 Å². The molecule has 1 heterocycles. The molecule has 1 unspecified atom stereocenters. The van der Waals surface area contributed by atoms with Gasteiger partial charge in [0.25, 0.3) is 0 Å². The van der Waals surface area contributed by atoms with Crippen molar-refractivity contribution in [1.82, 2.24) is 10.3 Å². The summed E-state index contributed by atoms with van der Waals surface area (Å²) in [4.78, 5) is 5.78. The molecule has 1 aromatic rings. The van der Waals surface area contributed by atoms with Crippen LogP contribution in [0.3, 0.4) is 0 Å². The van der Waals surface area contributed by atoms with Crippen LogP contribution in [-0.4, -0.2) is 11.5 Å². The molecule has 1 aromatic heterocycles. The van der Waals surface area contributed by atoms with Gasteiger partial charge in [-0.15, -0.1) is 11.3 Å². The average molecular weight is 249 g/mol. The van der Waals surface area contributed by atoms with Crippen LogP contribution in [0.15, 0.2) is 6.20 Å². The molecule has 1 fully saturated rings. The normalized spacial score (nSPS) is 18.6. The van der Waals surface area contributed by atoms with E-state index in [-0.39, 0.29) is 5.41 Å². The summed E-state index contributed by atoms with van der Waals surface area (Å²) in [6.07, 6.45) is 6.10. The summed E-state index contributed by atoms with van der Waals surface area (Å²) in [6.45, 7) is 5.25. The van der Waals surface area contributed by atoms with Crippen LogP contribution in [0.5, 0.6) is 0 Å². The summed E-state index contributed by atoms with van der Waals surface area (Å²) in [5, 5.41) is 13.5. The van der Waals surface area contributed by atoms with Crippen molar-refractivity contribution in [3.8, 4) is 6.07 Å². The highest BCUT2D eigenvalue weighted by molar-refractivity contribution is 7.11. The van der Waals surface area contributed by atoms with Gasteiger partial charge < -0.3 is 5.32 Å². The predicted molar refractivity (Wildman–Crippen MR) is 69.8 cm³/mol. The standard InChI is InChI=1S/C13H19N3S/c1-3-11-8-15-12(17-11)10(2)16-9-13(4-5-13)6-7-14/h8,10,16H,3-6,9H2,1-2H3. The summed E-state index contributed by atoms with van der Waals surface area (Å²) in [5.41, 5.74) is 0.272. The minimum atomic E-state index is 0.272. The van der Waals surface area contributed by atoms with Gasteiger partial charge in [0.2, 0.25) is 0 Å². The molecule has 0 spiro atoms. The van der Waals surface area contributed by atoms with Gasteiger partial charge in [-0.2, -0.15) is 5.26 Å². The van der Waals surface area contributed by atoms with E-state index in [4.69, 9.17) is 5.26 Å². The van der Waals surface area contributed by atoms with Crippen molar-refractivity contribution >= 4 is 11.3 Å². The Bertz CT molecular complexity index is 415. The lowest BCUT2D eigenvalue weighted by Crippen LogP contribution is -2.26. The van der Waals surface area contributed by atoms with Crippen LogP contribution in [0, 0.1) is 16.7 Å². The van der Waals surface area contributed by atoms with Crippen LogP contribution in [0.4, 0.5) is 0 Å². The molecule has 1 atom stereocenters. The molecule has 0 amide bonds. The first-order chi connectivity index (χ1) is 8.19. The van der Waals surface area contributed by atoms with Crippen LogP contribution in [0.25, 0.3) is 0 Å². The second-order valence-electron chi connectivity index (χ2n) is 4.96. The molecule has 2 rings (SSSR count). The SMILES string of the molecule is CCc1cnc(C(C)NCC2(CC#N)CC2)s1. The number of nitrogens with zero attached hydrogens (tertiary/aromatic N) is 2. The lowest BCUT2D eigenvalue weighted by atomic mass is 10.0. The number of nitriles is 1. The van der Waals surface area contributed by atoms with Gasteiger partial charge in [-0.05, 0) is 31.6 Å².